The highest BCUT2D eigenvalue weighted by Crippen LogP contribution is 2.20. The summed E-state index contributed by atoms with van der Waals surface area (Å²) in [5.74, 6) is 0. The predicted octanol–water partition coefficient (Wildman–Crippen LogP) is 1.41. The van der Waals surface area contributed by atoms with Crippen molar-refractivity contribution in [1.29, 1.82) is 0 Å². The predicted molar refractivity (Wildman–Crippen MR) is 78.2 cm³/mol. The molecule has 0 saturated carbocycles. The number of aliphatic hydroxyl groups is 1. The molecule has 2 rings (SSSR count). The summed E-state index contributed by atoms with van der Waals surface area (Å²) < 4.78 is 26.7. The number of nitrogens with one attached hydrogen (secondary N) is 1. The zero-order valence-electron chi connectivity index (χ0n) is 11.2. The van der Waals surface area contributed by atoms with E-state index in [1.54, 1.807) is 13.1 Å². The number of aliphatic hydroxyl groups excluding tert-OH is 1. The summed E-state index contributed by atoms with van der Waals surface area (Å²) in [5, 5.41) is 9.23. The zero-order valence-corrected chi connectivity index (χ0v) is 12.8. The average molecular weight is 328 g/mol. The second kappa shape index (κ2) is 6.48. The van der Waals surface area contributed by atoms with Gasteiger partial charge in [0.25, 0.3) is 0 Å². The quantitative estimate of drug-likeness (QED) is 0.866. The standard InChI is InChI=1S/C13H14ClN3O3S/c1-9-5-16-11(6-15-9)7-17-21(19,20)12-3-2-10(8-18)13(14)4-12/h2-6,17-18H,7-8H2,1H3. The first-order valence-corrected chi connectivity index (χ1v) is 7.95. The maximum Gasteiger partial charge on any atom is 0.240 e. The smallest absolute Gasteiger partial charge is 0.240 e. The van der Waals surface area contributed by atoms with E-state index in [0.29, 0.717) is 11.3 Å². The maximum atomic E-state index is 12.1. The van der Waals surface area contributed by atoms with Crippen molar-refractivity contribution in [2.24, 2.45) is 0 Å². The van der Waals surface area contributed by atoms with E-state index in [1.807, 2.05) is 0 Å². The fourth-order valence-electron chi connectivity index (χ4n) is 1.59. The highest BCUT2D eigenvalue weighted by molar-refractivity contribution is 7.89. The number of benzene rings is 1. The van der Waals surface area contributed by atoms with Crippen LogP contribution in [0.3, 0.4) is 0 Å². The molecule has 1 aromatic carbocycles. The van der Waals surface area contributed by atoms with Gasteiger partial charge in [0.05, 0.1) is 35.6 Å². The largest absolute Gasteiger partial charge is 0.392 e. The van der Waals surface area contributed by atoms with Gasteiger partial charge in [0.15, 0.2) is 0 Å². The fraction of sp³-hybridized carbons (Fsp3) is 0.231. The minimum atomic E-state index is -3.70. The Bertz CT molecular complexity index is 733. The number of aryl methyl sites for hydroxylation is 1. The molecule has 8 heteroatoms. The van der Waals surface area contributed by atoms with Gasteiger partial charge >= 0.3 is 0 Å². The van der Waals surface area contributed by atoms with Crippen LogP contribution in [0, 0.1) is 6.92 Å². The molecule has 0 bridgehead atoms. The van der Waals surface area contributed by atoms with Crippen molar-refractivity contribution < 1.29 is 13.5 Å². The lowest BCUT2D eigenvalue weighted by Crippen LogP contribution is -2.24. The zero-order chi connectivity index (χ0) is 15.5. The Labute approximate surface area is 127 Å². The van der Waals surface area contributed by atoms with Crippen LogP contribution in [-0.4, -0.2) is 23.5 Å². The van der Waals surface area contributed by atoms with Crippen LogP contribution in [0.5, 0.6) is 0 Å². The molecule has 6 nitrogen and oxygen atoms in total. The van der Waals surface area contributed by atoms with Crippen LogP contribution < -0.4 is 4.72 Å². The second-order valence-corrected chi connectivity index (χ2v) is 6.56. The number of halogens is 1. The summed E-state index contributed by atoms with van der Waals surface area (Å²) in [7, 11) is -3.70. The fourth-order valence-corrected chi connectivity index (χ4v) is 2.92. The molecule has 0 aliphatic heterocycles. The Balaban J connectivity index is 2.14. The number of nitrogens with zero attached hydrogens (tertiary/aromatic N) is 2. The summed E-state index contributed by atoms with van der Waals surface area (Å²) >= 11 is 5.90. The van der Waals surface area contributed by atoms with Crippen molar-refractivity contribution in [3.05, 3.63) is 52.6 Å². The van der Waals surface area contributed by atoms with Gasteiger partial charge in [-0.2, -0.15) is 0 Å². The molecular formula is C13H14ClN3O3S. The molecule has 0 saturated heterocycles. The highest BCUT2D eigenvalue weighted by Gasteiger charge is 2.15. The lowest BCUT2D eigenvalue weighted by molar-refractivity contribution is 0.282. The Morgan fingerprint density at radius 1 is 1.29 bits per heavy atom. The van der Waals surface area contributed by atoms with Crippen LogP contribution in [-0.2, 0) is 23.2 Å². The van der Waals surface area contributed by atoms with E-state index < -0.39 is 10.0 Å². The molecule has 1 heterocycles. The van der Waals surface area contributed by atoms with E-state index in [1.165, 1.54) is 24.4 Å². The first-order valence-electron chi connectivity index (χ1n) is 6.09. The summed E-state index contributed by atoms with van der Waals surface area (Å²) in [5.41, 5.74) is 1.75. The van der Waals surface area contributed by atoms with Crippen LogP contribution in [0.25, 0.3) is 0 Å². The Morgan fingerprint density at radius 2 is 2.05 bits per heavy atom. The Hall–Kier alpha value is -1.54. The maximum absolute atomic E-state index is 12.1. The van der Waals surface area contributed by atoms with Crippen molar-refractivity contribution in [1.82, 2.24) is 14.7 Å². The molecule has 2 N–H and O–H groups in total. The molecule has 0 fully saturated rings. The van der Waals surface area contributed by atoms with Gasteiger partial charge in [-0.1, -0.05) is 17.7 Å². The van der Waals surface area contributed by atoms with E-state index in [9.17, 15) is 8.42 Å². The molecule has 0 spiro atoms. The molecule has 1 aromatic heterocycles. The van der Waals surface area contributed by atoms with Gasteiger partial charge in [0.1, 0.15) is 0 Å². The van der Waals surface area contributed by atoms with Crippen molar-refractivity contribution in [2.75, 3.05) is 0 Å². The van der Waals surface area contributed by atoms with Crippen molar-refractivity contribution in [3.63, 3.8) is 0 Å². The Kier molecular flexibility index (Phi) is 4.89. The minimum absolute atomic E-state index is 0.0322. The topological polar surface area (TPSA) is 92.2 Å². The van der Waals surface area contributed by atoms with Gasteiger partial charge in [-0.15, -0.1) is 0 Å². The molecule has 0 aliphatic carbocycles. The third-order valence-electron chi connectivity index (χ3n) is 2.78. The van der Waals surface area contributed by atoms with E-state index >= 15 is 0 Å². The van der Waals surface area contributed by atoms with Gasteiger partial charge in [-0.25, -0.2) is 13.1 Å². The van der Waals surface area contributed by atoms with Crippen molar-refractivity contribution in [2.45, 2.75) is 25.0 Å². The molecule has 0 radical (unpaired) electrons. The third kappa shape index (κ3) is 3.98. The second-order valence-electron chi connectivity index (χ2n) is 4.38. The SMILES string of the molecule is Cc1cnc(CNS(=O)(=O)c2ccc(CO)c(Cl)c2)cn1. The summed E-state index contributed by atoms with van der Waals surface area (Å²) in [6, 6.07) is 4.17. The van der Waals surface area contributed by atoms with Crippen LogP contribution >= 0.6 is 11.6 Å². The molecule has 2 aromatic rings. The van der Waals surface area contributed by atoms with Crippen LogP contribution in [0.1, 0.15) is 17.0 Å². The first kappa shape index (κ1) is 15.8. The van der Waals surface area contributed by atoms with E-state index in [4.69, 9.17) is 16.7 Å². The summed E-state index contributed by atoms with van der Waals surface area (Å²) in [4.78, 5) is 8.15. The van der Waals surface area contributed by atoms with Crippen LogP contribution in [0.15, 0.2) is 35.5 Å². The van der Waals surface area contributed by atoms with Crippen molar-refractivity contribution in [3.8, 4) is 0 Å². The number of aromatic nitrogens is 2. The molecular weight excluding hydrogens is 314 g/mol. The van der Waals surface area contributed by atoms with Crippen LogP contribution in [0.2, 0.25) is 5.02 Å². The van der Waals surface area contributed by atoms with Gasteiger partial charge in [0, 0.05) is 11.2 Å². The molecule has 0 atom stereocenters. The summed E-state index contributed by atoms with van der Waals surface area (Å²) in [6.07, 6.45) is 3.08. The highest BCUT2D eigenvalue weighted by atomic mass is 35.5. The van der Waals surface area contributed by atoms with Gasteiger partial charge in [0.2, 0.25) is 10.0 Å². The van der Waals surface area contributed by atoms with Gasteiger partial charge in [-0.3, -0.25) is 9.97 Å². The van der Waals surface area contributed by atoms with Crippen molar-refractivity contribution >= 4 is 21.6 Å². The lowest BCUT2D eigenvalue weighted by atomic mass is 10.2. The normalized spacial score (nSPS) is 11.6. The molecule has 112 valence electrons. The number of sulfonamides is 1. The third-order valence-corrected chi connectivity index (χ3v) is 4.53. The number of hydrogen-bond acceptors (Lipinski definition) is 5. The van der Waals surface area contributed by atoms with Crippen LogP contribution in [0.4, 0.5) is 0 Å². The van der Waals surface area contributed by atoms with Gasteiger partial charge < -0.3 is 5.11 Å². The van der Waals surface area contributed by atoms with E-state index in [-0.39, 0.29) is 23.1 Å². The van der Waals surface area contributed by atoms with Gasteiger partial charge in [-0.05, 0) is 24.6 Å². The number of rotatable bonds is 5. The average Bonchev–Trinajstić information content (AvgIpc) is 2.46. The minimum Gasteiger partial charge on any atom is -0.392 e. The van der Waals surface area contributed by atoms with E-state index in [2.05, 4.69) is 14.7 Å². The molecule has 0 unspecified atom stereocenters. The Morgan fingerprint density at radius 3 is 2.62 bits per heavy atom. The summed E-state index contributed by atoms with van der Waals surface area (Å²) in [6.45, 7) is 1.59. The first-order chi connectivity index (χ1) is 9.92. The molecule has 0 amide bonds. The lowest BCUT2D eigenvalue weighted by Gasteiger charge is -2.08. The van der Waals surface area contributed by atoms with E-state index in [0.717, 1.165) is 5.69 Å². The molecule has 21 heavy (non-hydrogen) atoms. The molecule has 0 aliphatic rings. The number of hydrogen-bond donors (Lipinski definition) is 2. The monoisotopic (exact) mass is 327 g/mol.